The number of hydrogen-bond acceptors (Lipinski definition) is 4. The Kier molecular flexibility index (Phi) is 5.42. The summed E-state index contributed by atoms with van der Waals surface area (Å²) >= 11 is 11.7. The monoisotopic (exact) mass is 330 g/mol. The van der Waals surface area contributed by atoms with Gasteiger partial charge >= 0.3 is 5.97 Å². The smallest absolute Gasteiger partial charge is 0.310 e. The Hall–Kier alpha value is -1.33. The van der Waals surface area contributed by atoms with Crippen molar-refractivity contribution >= 4 is 35.1 Å². The molecule has 114 valence electrons. The third-order valence-electron chi connectivity index (χ3n) is 3.37. The van der Waals surface area contributed by atoms with Crippen LogP contribution >= 0.6 is 23.2 Å². The molecule has 2 rings (SSSR count). The molecule has 1 aliphatic rings. The fourth-order valence-electron chi connectivity index (χ4n) is 2.36. The average molecular weight is 331 g/mol. The van der Waals surface area contributed by atoms with E-state index >= 15 is 0 Å². The van der Waals surface area contributed by atoms with Crippen LogP contribution in [0.25, 0.3) is 0 Å². The number of rotatable bonds is 3. The molecule has 0 N–H and O–H groups in total. The zero-order chi connectivity index (χ0) is 15.4. The predicted molar refractivity (Wildman–Crippen MR) is 79.5 cm³/mol. The van der Waals surface area contributed by atoms with Crippen molar-refractivity contribution in [2.75, 3.05) is 19.7 Å². The van der Waals surface area contributed by atoms with E-state index in [1.165, 1.54) is 6.07 Å². The summed E-state index contributed by atoms with van der Waals surface area (Å²) < 4.78 is 5.02. The van der Waals surface area contributed by atoms with E-state index in [0.717, 1.165) is 12.8 Å². The van der Waals surface area contributed by atoms with Gasteiger partial charge in [-0.2, -0.15) is 0 Å². The minimum atomic E-state index is -0.276. The molecule has 2 heterocycles. The number of likely N-dealkylation sites (tertiary alicyclic amines) is 1. The molecule has 1 fully saturated rings. The summed E-state index contributed by atoms with van der Waals surface area (Å²) in [4.78, 5) is 29.7. The molecule has 1 atom stereocenters. The highest BCUT2D eigenvalue weighted by molar-refractivity contribution is 6.34. The standard InChI is InChI=1S/C14H16Cl2N2O3/c1-2-21-14(20)9-4-3-7-18(8-9)13(19)10-5-6-11(15)17-12(10)16/h5-6,9H,2-4,7-8H2,1H3/t9-/m1/s1. The molecule has 0 aliphatic carbocycles. The topological polar surface area (TPSA) is 59.5 Å². The van der Waals surface area contributed by atoms with Crippen LogP contribution in [-0.4, -0.2) is 41.5 Å². The summed E-state index contributed by atoms with van der Waals surface area (Å²) in [5, 5.41) is 0.311. The van der Waals surface area contributed by atoms with Gasteiger partial charge in [0.25, 0.3) is 5.91 Å². The van der Waals surface area contributed by atoms with E-state index in [0.29, 0.717) is 25.3 Å². The lowest BCUT2D eigenvalue weighted by atomic mass is 9.97. The summed E-state index contributed by atoms with van der Waals surface area (Å²) in [6.07, 6.45) is 1.49. The Labute approximate surface area is 133 Å². The first-order valence-corrected chi connectivity index (χ1v) is 7.56. The van der Waals surface area contributed by atoms with Gasteiger partial charge < -0.3 is 9.64 Å². The van der Waals surface area contributed by atoms with Crippen LogP contribution < -0.4 is 0 Å². The maximum absolute atomic E-state index is 12.5. The van der Waals surface area contributed by atoms with Gasteiger partial charge in [0.15, 0.2) is 0 Å². The number of piperidine rings is 1. The highest BCUT2D eigenvalue weighted by atomic mass is 35.5. The zero-order valence-electron chi connectivity index (χ0n) is 11.6. The molecule has 0 aromatic carbocycles. The van der Waals surface area contributed by atoms with Gasteiger partial charge in [-0.15, -0.1) is 0 Å². The van der Waals surface area contributed by atoms with E-state index in [4.69, 9.17) is 27.9 Å². The van der Waals surface area contributed by atoms with Gasteiger partial charge in [0, 0.05) is 13.1 Å². The van der Waals surface area contributed by atoms with Crippen LogP contribution in [0.2, 0.25) is 10.3 Å². The highest BCUT2D eigenvalue weighted by Gasteiger charge is 2.30. The Bertz CT molecular complexity index is 551. The first-order chi connectivity index (χ1) is 10.0. The van der Waals surface area contributed by atoms with Crippen LogP contribution in [0.1, 0.15) is 30.1 Å². The number of nitrogens with zero attached hydrogens (tertiary/aromatic N) is 2. The van der Waals surface area contributed by atoms with Gasteiger partial charge in [0.2, 0.25) is 0 Å². The number of amides is 1. The van der Waals surface area contributed by atoms with Crippen LogP contribution in [0, 0.1) is 5.92 Å². The lowest BCUT2D eigenvalue weighted by molar-refractivity contribution is -0.149. The number of carbonyl (C=O) groups excluding carboxylic acids is 2. The second-order valence-corrected chi connectivity index (χ2v) is 5.56. The number of esters is 1. The van der Waals surface area contributed by atoms with Crippen molar-refractivity contribution in [3.05, 3.63) is 28.0 Å². The molecule has 0 radical (unpaired) electrons. The molecule has 1 aromatic rings. The molecule has 5 nitrogen and oxygen atoms in total. The predicted octanol–water partition coefficient (Wildman–Crippen LogP) is 2.80. The summed E-state index contributed by atoms with van der Waals surface area (Å²) in [5.41, 5.74) is 0.297. The minimum Gasteiger partial charge on any atom is -0.466 e. The fraction of sp³-hybridized carbons (Fsp3) is 0.500. The number of ether oxygens (including phenoxy) is 1. The molecule has 1 aliphatic heterocycles. The van der Waals surface area contributed by atoms with Gasteiger partial charge in [-0.3, -0.25) is 9.59 Å². The first kappa shape index (κ1) is 16.0. The molecule has 0 unspecified atom stereocenters. The van der Waals surface area contributed by atoms with Crippen LogP contribution in [0.4, 0.5) is 0 Å². The molecule has 21 heavy (non-hydrogen) atoms. The average Bonchev–Trinajstić information content (AvgIpc) is 2.47. The molecule has 0 saturated carbocycles. The summed E-state index contributed by atoms with van der Waals surface area (Å²) in [5.74, 6) is -0.768. The third kappa shape index (κ3) is 3.86. The van der Waals surface area contributed by atoms with E-state index in [9.17, 15) is 9.59 Å². The zero-order valence-corrected chi connectivity index (χ0v) is 13.2. The van der Waals surface area contributed by atoms with Crippen LogP contribution in [0.5, 0.6) is 0 Å². The van der Waals surface area contributed by atoms with Gasteiger partial charge in [0.05, 0.1) is 18.1 Å². The lowest BCUT2D eigenvalue weighted by Gasteiger charge is -2.31. The summed E-state index contributed by atoms with van der Waals surface area (Å²) in [7, 11) is 0. The molecule has 1 saturated heterocycles. The highest BCUT2D eigenvalue weighted by Crippen LogP contribution is 2.23. The van der Waals surface area contributed by atoms with Crippen LogP contribution in [0.15, 0.2) is 12.1 Å². The summed E-state index contributed by atoms with van der Waals surface area (Å²) in [6.45, 7) is 3.04. The number of hydrogen-bond donors (Lipinski definition) is 0. The number of pyridine rings is 1. The van der Waals surface area contributed by atoms with Crippen molar-refractivity contribution in [1.82, 2.24) is 9.88 Å². The van der Waals surface area contributed by atoms with Crippen molar-refractivity contribution in [2.45, 2.75) is 19.8 Å². The molecule has 0 spiro atoms. The largest absolute Gasteiger partial charge is 0.466 e. The number of carbonyl (C=O) groups is 2. The molecular formula is C14H16Cl2N2O3. The van der Waals surface area contributed by atoms with E-state index in [-0.39, 0.29) is 28.1 Å². The Morgan fingerprint density at radius 3 is 2.86 bits per heavy atom. The van der Waals surface area contributed by atoms with Crippen molar-refractivity contribution in [1.29, 1.82) is 0 Å². The molecule has 1 amide bonds. The van der Waals surface area contributed by atoms with Gasteiger partial charge in [0.1, 0.15) is 10.3 Å². The normalized spacial score (nSPS) is 18.4. The SMILES string of the molecule is CCOC(=O)[C@@H]1CCCN(C(=O)c2ccc(Cl)nc2Cl)C1. The van der Waals surface area contributed by atoms with Crippen molar-refractivity contribution in [2.24, 2.45) is 5.92 Å². The number of halogens is 2. The second kappa shape index (κ2) is 7.09. The Morgan fingerprint density at radius 2 is 2.19 bits per heavy atom. The minimum absolute atomic E-state index is 0.0748. The maximum Gasteiger partial charge on any atom is 0.310 e. The van der Waals surface area contributed by atoms with E-state index in [1.54, 1.807) is 17.9 Å². The molecule has 7 heteroatoms. The fourth-order valence-corrected chi connectivity index (χ4v) is 2.78. The number of aromatic nitrogens is 1. The van der Waals surface area contributed by atoms with Gasteiger partial charge in [-0.1, -0.05) is 23.2 Å². The van der Waals surface area contributed by atoms with E-state index in [2.05, 4.69) is 4.98 Å². The molecular weight excluding hydrogens is 315 g/mol. The van der Waals surface area contributed by atoms with E-state index < -0.39 is 0 Å². The summed E-state index contributed by atoms with van der Waals surface area (Å²) in [6, 6.07) is 3.07. The second-order valence-electron chi connectivity index (χ2n) is 4.81. The van der Waals surface area contributed by atoms with Crippen LogP contribution in [-0.2, 0) is 9.53 Å². The molecule has 0 bridgehead atoms. The quantitative estimate of drug-likeness (QED) is 0.631. The Morgan fingerprint density at radius 1 is 1.43 bits per heavy atom. The van der Waals surface area contributed by atoms with E-state index in [1.807, 2.05) is 0 Å². The maximum atomic E-state index is 12.5. The van der Waals surface area contributed by atoms with Crippen molar-refractivity contribution < 1.29 is 14.3 Å². The van der Waals surface area contributed by atoms with Crippen LogP contribution in [0.3, 0.4) is 0 Å². The molecule has 1 aromatic heterocycles. The first-order valence-electron chi connectivity index (χ1n) is 6.81. The third-order valence-corrected chi connectivity index (χ3v) is 3.87. The van der Waals surface area contributed by atoms with Gasteiger partial charge in [-0.05, 0) is 31.9 Å². The lowest BCUT2D eigenvalue weighted by Crippen LogP contribution is -2.43. The van der Waals surface area contributed by atoms with Crippen molar-refractivity contribution in [3.63, 3.8) is 0 Å². The van der Waals surface area contributed by atoms with Gasteiger partial charge in [-0.25, -0.2) is 4.98 Å². The van der Waals surface area contributed by atoms with Crippen molar-refractivity contribution in [3.8, 4) is 0 Å². The Balaban J connectivity index is 2.10.